The zero-order valence-corrected chi connectivity index (χ0v) is 12.0. The Morgan fingerprint density at radius 2 is 2.00 bits per heavy atom. The van der Waals surface area contributed by atoms with Gasteiger partial charge >= 0.3 is 0 Å². The second-order valence-electron chi connectivity index (χ2n) is 4.94. The Hall–Kier alpha value is -0.820. The van der Waals surface area contributed by atoms with Crippen LogP contribution in [0.3, 0.4) is 0 Å². The Labute approximate surface area is 117 Å². The van der Waals surface area contributed by atoms with E-state index in [0.29, 0.717) is 17.9 Å². The molecule has 5 nitrogen and oxygen atoms in total. The van der Waals surface area contributed by atoms with Crippen molar-refractivity contribution in [3.8, 4) is 0 Å². The number of nitrogens with one attached hydrogen (secondary N) is 1. The lowest BCUT2D eigenvalue weighted by Gasteiger charge is -2.22. The maximum absolute atomic E-state index is 12.1. The number of sulfonamides is 1. The van der Waals surface area contributed by atoms with Crippen molar-refractivity contribution in [3.63, 3.8) is 0 Å². The first-order chi connectivity index (χ1) is 8.82. The second-order valence-corrected chi connectivity index (χ2v) is 7.11. The quantitative estimate of drug-likeness (QED) is 0.735. The van der Waals surface area contributed by atoms with Crippen LogP contribution in [0.25, 0.3) is 0 Å². The summed E-state index contributed by atoms with van der Waals surface area (Å²) in [6.07, 6.45) is 3.09. The molecule has 0 amide bonds. The summed E-state index contributed by atoms with van der Waals surface area (Å²) in [4.78, 5) is 0.0518. The van der Waals surface area contributed by atoms with Gasteiger partial charge in [0.1, 0.15) is 0 Å². The number of nitrogen functional groups attached to an aromatic ring is 1. The summed E-state index contributed by atoms with van der Waals surface area (Å²) in [5, 5.41) is 10.4. The van der Waals surface area contributed by atoms with Crippen molar-refractivity contribution in [2.45, 2.75) is 36.2 Å². The van der Waals surface area contributed by atoms with Crippen molar-refractivity contribution in [1.29, 1.82) is 0 Å². The lowest BCUT2D eigenvalue weighted by atomic mass is 10.0. The van der Waals surface area contributed by atoms with E-state index in [9.17, 15) is 13.5 Å². The minimum atomic E-state index is -3.67. The normalized spacial score (nSPS) is 18.6. The summed E-state index contributed by atoms with van der Waals surface area (Å²) >= 11 is 5.75. The number of hydrogen-bond donors (Lipinski definition) is 3. The third-order valence-corrected chi connectivity index (χ3v) is 5.15. The molecule has 0 spiro atoms. The lowest BCUT2D eigenvalue weighted by molar-refractivity contribution is 0.0532. The zero-order chi connectivity index (χ0) is 14.1. The van der Waals surface area contributed by atoms with Gasteiger partial charge in [-0.1, -0.05) is 24.4 Å². The summed E-state index contributed by atoms with van der Waals surface area (Å²) in [6.45, 7) is 0.0257. The molecule has 1 aliphatic carbocycles. The molecule has 1 aromatic carbocycles. The molecule has 1 aromatic rings. The second kappa shape index (κ2) is 5.28. The van der Waals surface area contributed by atoms with Gasteiger partial charge in [-0.2, -0.15) is 0 Å². The SMILES string of the molecule is Nc1cc(S(=O)(=O)NCC2(O)CCCC2)ccc1Cl. The van der Waals surface area contributed by atoms with E-state index in [1.165, 1.54) is 18.2 Å². The zero-order valence-electron chi connectivity index (χ0n) is 10.4. The van der Waals surface area contributed by atoms with Crippen LogP contribution in [-0.4, -0.2) is 25.7 Å². The van der Waals surface area contributed by atoms with Gasteiger partial charge in [-0.25, -0.2) is 13.1 Å². The fourth-order valence-electron chi connectivity index (χ4n) is 2.21. The van der Waals surface area contributed by atoms with Crippen LogP contribution in [-0.2, 0) is 10.0 Å². The van der Waals surface area contributed by atoms with Gasteiger partial charge in [0.05, 0.1) is 21.2 Å². The van der Waals surface area contributed by atoms with E-state index in [4.69, 9.17) is 17.3 Å². The molecule has 2 rings (SSSR count). The van der Waals surface area contributed by atoms with Crippen LogP contribution in [0.1, 0.15) is 25.7 Å². The molecule has 1 saturated carbocycles. The van der Waals surface area contributed by atoms with Crippen LogP contribution in [0.2, 0.25) is 5.02 Å². The molecule has 106 valence electrons. The first-order valence-corrected chi connectivity index (χ1v) is 7.96. The van der Waals surface area contributed by atoms with Crippen molar-refractivity contribution in [2.24, 2.45) is 0 Å². The highest BCUT2D eigenvalue weighted by atomic mass is 35.5. The minimum absolute atomic E-state index is 0.0257. The van der Waals surface area contributed by atoms with Crippen molar-refractivity contribution in [1.82, 2.24) is 4.72 Å². The maximum Gasteiger partial charge on any atom is 0.240 e. The molecule has 1 aliphatic rings. The van der Waals surface area contributed by atoms with E-state index in [0.717, 1.165) is 12.8 Å². The van der Waals surface area contributed by atoms with Gasteiger partial charge in [0, 0.05) is 6.54 Å². The lowest BCUT2D eigenvalue weighted by Crippen LogP contribution is -2.40. The fourth-order valence-corrected chi connectivity index (χ4v) is 3.48. The van der Waals surface area contributed by atoms with Gasteiger partial charge in [-0.15, -0.1) is 0 Å². The molecule has 0 radical (unpaired) electrons. The van der Waals surface area contributed by atoms with Gasteiger partial charge in [-0.05, 0) is 31.0 Å². The van der Waals surface area contributed by atoms with Gasteiger partial charge in [-0.3, -0.25) is 0 Å². The molecule has 4 N–H and O–H groups in total. The number of rotatable bonds is 4. The van der Waals surface area contributed by atoms with E-state index < -0.39 is 15.6 Å². The standard InChI is InChI=1S/C12H17ClN2O3S/c13-10-4-3-9(7-11(10)14)19(17,18)15-8-12(16)5-1-2-6-12/h3-4,7,15-16H,1-2,5-6,8,14H2. The third kappa shape index (κ3) is 3.39. The largest absolute Gasteiger partial charge is 0.397 e. The van der Waals surface area contributed by atoms with Crippen LogP contribution >= 0.6 is 11.6 Å². The highest BCUT2D eigenvalue weighted by Gasteiger charge is 2.32. The average molecular weight is 305 g/mol. The number of benzene rings is 1. The predicted octanol–water partition coefficient (Wildman–Crippen LogP) is 1.51. The Bertz CT molecular complexity index is 568. The molecular formula is C12H17ClN2O3S. The molecule has 0 unspecified atom stereocenters. The van der Waals surface area contributed by atoms with E-state index in [1.54, 1.807) is 0 Å². The molecule has 7 heteroatoms. The summed E-state index contributed by atoms with van der Waals surface area (Å²) in [5.41, 5.74) is 4.87. The summed E-state index contributed by atoms with van der Waals surface area (Å²) in [6, 6.07) is 4.14. The highest BCUT2D eigenvalue weighted by molar-refractivity contribution is 7.89. The van der Waals surface area contributed by atoms with Crippen LogP contribution < -0.4 is 10.5 Å². The number of halogens is 1. The summed E-state index contributed by atoms with van der Waals surface area (Å²) in [7, 11) is -3.67. The Morgan fingerprint density at radius 3 is 2.58 bits per heavy atom. The highest BCUT2D eigenvalue weighted by Crippen LogP contribution is 2.29. The van der Waals surface area contributed by atoms with Gasteiger partial charge in [0.25, 0.3) is 0 Å². The number of aliphatic hydroxyl groups is 1. The number of nitrogens with two attached hydrogens (primary N) is 1. The van der Waals surface area contributed by atoms with Crippen molar-refractivity contribution < 1.29 is 13.5 Å². The van der Waals surface area contributed by atoms with E-state index in [-0.39, 0.29) is 17.1 Å². The average Bonchev–Trinajstić information content (AvgIpc) is 2.78. The topological polar surface area (TPSA) is 92.4 Å². The van der Waals surface area contributed by atoms with Crippen LogP contribution in [0.5, 0.6) is 0 Å². The Kier molecular flexibility index (Phi) is 4.06. The van der Waals surface area contributed by atoms with Crippen molar-refractivity contribution >= 4 is 27.3 Å². The van der Waals surface area contributed by atoms with E-state index in [2.05, 4.69) is 4.72 Å². The molecule has 0 aliphatic heterocycles. The van der Waals surface area contributed by atoms with Gasteiger partial charge < -0.3 is 10.8 Å². The first-order valence-electron chi connectivity index (χ1n) is 6.10. The van der Waals surface area contributed by atoms with Crippen molar-refractivity contribution in [3.05, 3.63) is 23.2 Å². The monoisotopic (exact) mass is 304 g/mol. The smallest absolute Gasteiger partial charge is 0.240 e. The Balaban J connectivity index is 2.11. The van der Waals surface area contributed by atoms with Crippen molar-refractivity contribution in [2.75, 3.05) is 12.3 Å². The molecule has 0 aromatic heterocycles. The molecular weight excluding hydrogens is 288 g/mol. The third-order valence-electron chi connectivity index (χ3n) is 3.40. The number of anilines is 1. The molecule has 19 heavy (non-hydrogen) atoms. The minimum Gasteiger partial charge on any atom is -0.397 e. The Morgan fingerprint density at radius 1 is 1.37 bits per heavy atom. The maximum atomic E-state index is 12.1. The first kappa shape index (κ1) is 14.6. The van der Waals surface area contributed by atoms with Gasteiger partial charge in [0.15, 0.2) is 0 Å². The molecule has 0 atom stereocenters. The molecule has 0 heterocycles. The van der Waals surface area contributed by atoms with Crippen LogP contribution in [0.15, 0.2) is 23.1 Å². The predicted molar refractivity (Wildman–Crippen MR) is 74.5 cm³/mol. The fraction of sp³-hybridized carbons (Fsp3) is 0.500. The molecule has 1 fully saturated rings. The van der Waals surface area contributed by atoms with E-state index in [1.807, 2.05) is 0 Å². The van der Waals surface area contributed by atoms with E-state index >= 15 is 0 Å². The summed E-state index contributed by atoms with van der Waals surface area (Å²) < 4.78 is 26.6. The summed E-state index contributed by atoms with van der Waals surface area (Å²) in [5.74, 6) is 0. The molecule has 0 saturated heterocycles. The van der Waals surface area contributed by atoms with Crippen LogP contribution in [0, 0.1) is 0 Å². The van der Waals surface area contributed by atoms with Gasteiger partial charge in [0.2, 0.25) is 10.0 Å². The van der Waals surface area contributed by atoms with Crippen LogP contribution in [0.4, 0.5) is 5.69 Å². The number of hydrogen-bond acceptors (Lipinski definition) is 4. The molecule has 0 bridgehead atoms.